The number of nitrogens with two attached hydrogens (primary N) is 2. The van der Waals surface area contributed by atoms with E-state index >= 15 is 0 Å². The zero-order valence-electron chi connectivity index (χ0n) is 33.8. The maximum atomic E-state index is 6.86. The second-order valence-electron chi connectivity index (χ2n) is 17.2. The van der Waals surface area contributed by atoms with Crippen molar-refractivity contribution in [2.75, 3.05) is 11.5 Å². The fourth-order valence-electron chi connectivity index (χ4n) is 8.46. The summed E-state index contributed by atoms with van der Waals surface area (Å²) < 4.78 is 13.7. The molecule has 4 heteroatoms. The maximum Gasteiger partial charge on any atom is 0.131 e. The van der Waals surface area contributed by atoms with Gasteiger partial charge in [-0.2, -0.15) is 0 Å². The fraction of sp³-hybridized carbons (Fsp3) is 0.294. The van der Waals surface area contributed by atoms with E-state index in [1.807, 2.05) is 36.4 Å². The van der Waals surface area contributed by atoms with Gasteiger partial charge in [0.1, 0.15) is 23.0 Å². The van der Waals surface area contributed by atoms with Gasteiger partial charge < -0.3 is 20.9 Å². The van der Waals surface area contributed by atoms with Crippen molar-refractivity contribution in [1.82, 2.24) is 0 Å². The summed E-state index contributed by atoms with van der Waals surface area (Å²) in [7, 11) is 0. The number of rotatable bonds is 10. The molecule has 0 spiro atoms. The molecule has 0 amide bonds. The van der Waals surface area contributed by atoms with E-state index in [0.717, 1.165) is 82.3 Å². The predicted molar refractivity (Wildman–Crippen MR) is 231 cm³/mol. The molecular weight excluding hydrogens is 673 g/mol. The molecule has 0 unspecified atom stereocenters. The van der Waals surface area contributed by atoms with Crippen LogP contribution in [0, 0.1) is 0 Å². The summed E-state index contributed by atoms with van der Waals surface area (Å²) in [6.45, 7) is 18.0. The topological polar surface area (TPSA) is 70.5 Å². The van der Waals surface area contributed by atoms with Crippen LogP contribution in [0.25, 0.3) is 11.1 Å². The van der Waals surface area contributed by atoms with Gasteiger partial charge >= 0.3 is 0 Å². The van der Waals surface area contributed by atoms with Crippen molar-refractivity contribution in [2.24, 2.45) is 0 Å². The van der Waals surface area contributed by atoms with Gasteiger partial charge in [0.25, 0.3) is 0 Å². The number of hydrogen-bond acceptors (Lipinski definition) is 4. The standard InChI is InChI=1S/C51H56N2O2/c1-9-15-33-29-37(52)23-27-45(33)54-47-25-21-35(31-43(47)49(3,4)5)51(41-19-13-11-17-39(41)40-18-12-14-20-42(40)51)36-22-26-48(44(32-36)50(6,7)8)55-46-28-24-38(53)30-34(46)16-10-2/h11-14,17-32H,9-10,15-16,52-53H2,1-8H3. The van der Waals surface area contributed by atoms with Crippen LogP contribution < -0.4 is 20.9 Å². The van der Waals surface area contributed by atoms with E-state index in [1.54, 1.807) is 0 Å². The Morgan fingerprint density at radius 2 is 0.855 bits per heavy atom. The molecule has 1 aliphatic rings. The summed E-state index contributed by atoms with van der Waals surface area (Å²) in [6.07, 6.45) is 3.81. The quantitative estimate of drug-likeness (QED) is 0.138. The van der Waals surface area contributed by atoms with Crippen LogP contribution in [0.4, 0.5) is 11.4 Å². The molecule has 0 saturated carbocycles. The largest absolute Gasteiger partial charge is 0.457 e. The Kier molecular flexibility index (Phi) is 10.1. The Morgan fingerprint density at radius 1 is 0.473 bits per heavy atom. The SMILES string of the molecule is CCCc1cc(N)ccc1Oc1ccc(C2(c3ccc(Oc4ccc(N)cc4CCC)c(C(C)(C)C)c3)c3ccccc3-c3ccccc32)cc1C(C)(C)C. The lowest BCUT2D eigenvalue weighted by molar-refractivity contribution is 0.448. The van der Waals surface area contributed by atoms with Crippen molar-refractivity contribution in [1.29, 1.82) is 0 Å². The Balaban J connectivity index is 1.47. The molecule has 0 radical (unpaired) electrons. The molecule has 282 valence electrons. The number of anilines is 2. The van der Waals surface area contributed by atoms with Gasteiger partial charge in [-0.15, -0.1) is 0 Å². The van der Waals surface area contributed by atoms with Crippen LogP contribution in [0.3, 0.4) is 0 Å². The minimum atomic E-state index is -0.604. The number of hydrogen-bond donors (Lipinski definition) is 2. The van der Waals surface area contributed by atoms with Gasteiger partial charge in [0.15, 0.2) is 0 Å². The van der Waals surface area contributed by atoms with Gasteiger partial charge in [-0.3, -0.25) is 0 Å². The predicted octanol–water partition coefficient (Wildman–Crippen LogP) is 13.3. The number of fused-ring (bicyclic) bond motifs is 3. The average molecular weight is 729 g/mol. The summed E-state index contributed by atoms with van der Waals surface area (Å²) in [5.41, 5.74) is 24.9. The van der Waals surface area contributed by atoms with Gasteiger partial charge in [-0.05, 0) is 129 Å². The average Bonchev–Trinajstić information content (AvgIpc) is 3.44. The highest BCUT2D eigenvalue weighted by atomic mass is 16.5. The molecule has 0 heterocycles. The summed E-state index contributed by atoms with van der Waals surface area (Å²) in [4.78, 5) is 0. The van der Waals surface area contributed by atoms with Gasteiger partial charge in [0.2, 0.25) is 0 Å². The normalized spacial score (nSPS) is 13.3. The van der Waals surface area contributed by atoms with Gasteiger partial charge in [0, 0.05) is 22.5 Å². The number of aryl methyl sites for hydroxylation is 2. The van der Waals surface area contributed by atoms with Gasteiger partial charge in [-0.1, -0.05) is 129 Å². The van der Waals surface area contributed by atoms with E-state index in [9.17, 15) is 0 Å². The lowest BCUT2D eigenvalue weighted by atomic mass is 9.66. The molecule has 0 saturated heterocycles. The Labute approximate surface area is 328 Å². The molecule has 4 N–H and O–H groups in total. The minimum Gasteiger partial charge on any atom is -0.457 e. The summed E-state index contributed by atoms with van der Waals surface area (Å²) in [6, 6.07) is 43.5. The third kappa shape index (κ3) is 6.99. The molecule has 0 atom stereocenters. The number of benzene rings is 6. The maximum absolute atomic E-state index is 6.86. The van der Waals surface area contributed by atoms with E-state index in [-0.39, 0.29) is 10.8 Å². The first kappa shape index (κ1) is 37.8. The van der Waals surface area contributed by atoms with Crippen LogP contribution in [-0.2, 0) is 29.1 Å². The Morgan fingerprint density at radius 3 is 1.24 bits per heavy atom. The molecule has 1 aliphatic carbocycles. The molecular formula is C51H56N2O2. The Hall–Kier alpha value is -5.48. The number of nitrogen functional groups attached to an aromatic ring is 2. The third-order valence-corrected chi connectivity index (χ3v) is 11.0. The summed E-state index contributed by atoms with van der Waals surface area (Å²) >= 11 is 0. The molecule has 6 aromatic rings. The van der Waals surface area contributed by atoms with E-state index in [2.05, 4.69) is 140 Å². The molecule has 0 aliphatic heterocycles. The monoisotopic (exact) mass is 728 g/mol. The van der Waals surface area contributed by atoms with Crippen LogP contribution in [0.1, 0.15) is 113 Å². The van der Waals surface area contributed by atoms with Crippen molar-refractivity contribution in [3.05, 3.63) is 166 Å². The van der Waals surface area contributed by atoms with Crippen molar-refractivity contribution < 1.29 is 9.47 Å². The van der Waals surface area contributed by atoms with Gasteiger partial charge in [-0.25, -0.2) is 0 Å². The summed E-state index contributed by atoms with van der Waals surface area (Å²) in [5, 5.41) is 0. The van der Waals surface area contributed by atoms with Crippen LogP contribution in [0.2, 0.25) is 0 Å². The van der Waals surface area contributed by atoms with Crippen molar-refractivity contribution in [3.8, 4) is 34.1 Å². The molecule has 55 heavy (non-hydrogen) atoms. The first-order valence-corrected chi connectivity index (χ1v) is 19.9. The minimum absolute atomic E-state index is 0.216. The van der Waals surface area contributed by atoms with E-state index < -0.39 is 5.41 Å². The second kappa shape index (κ2) is 14.6. The smallest absolute Gasteiger partial charge is 0.131 e. The second-order valence-corrected chi connectivity index (χ2v) is 17.2. The molecule has 0 fully saturated rings. The van der Waals surface area contributed by atoms with E-state index in [0.29, 0.717) is 0 Å². The third-order valence-electron chi connectivity index (χ3n) is 11.0. The fourth-order valence-corrected chi connectivity index (χ4v) is 8.46. The van der Waals surface area contributed by atoms with Crippen LogP contribution in [0.5, 0.6) is 23.0 Å². The van der Waals surface area contributed by atoms with Crippen LogP contribution >= 0.6 is 0 Å². The zero-order valence-corrected chi connectivity index (χ0v) is 33.8. The molecule has 4 nitrogen and oxygen atoms in total. The van der Waals surface area contributed by atoms with Crippen molar-refractivity contribution >= 4 is 11.4 Å². The molecule has 6 aromatic carbocycles. The molecule has 0 aromatic heterocycles. The lowest BCUT2D eigenvalue weighted by Gasteiger charge is -2.37. The lowest BCUT2D eigenvalue weighted by Crippen LogP contribution is -2.30. The first-order chi connectivity index (χ1) is 26.2. The van der Waals surface area contributed by atoms with Gasteiger partial charge in [0.05, 0.1) is 5.41 Å². The number of ether oxygens (including phenoxy) is 2. The van der Waals surface area contributed by atoms with Crippen LogP contribution in [-0.4, -0.2) is 0 Å². The highest BCUT2D eigenvalue weighted by molar-refractivity contribution is 5.86. The van der Waals surface area contributed by atoms with Crippen molar-refractivity contribution in [2.45, 2.75) is 97.3 Å². The summed E-state index contributed by atoms with van der Waals surface area (Å²) in [5.74, 6) is 3.43. The van der Waals surface area contributed by atoms with E-state index in [4.69, 9.17) is 20.9 Å². The Bertz CT molecular complexity index is 2190. The highest BCUT2D eigenvalue weighted by Crippen LogP contribution is 2.57. The van der Waals surface area contributed by atoms with E-state index in [1.165, 1.54) is 33.4 Å². The zero-order chi connectivity index (χ0) is 39.1. The van der Waals surface area contributed by atoms with Crippen LogP contribution in [0.15, 0.2) is 121 Å². The van der Waals surface area contributed by atoms with Crippen molar-refractivity contribution in [3.63, 3.8) is 0 Å². The highest BCUT2D eigenvalue weighted by Gasteiger charge is 2.47. The first-order valence-electron chi connectivity index (χ1n) is 19.9. The molecule has 0 bridgehead atoms. The molecule has 7 rings (SSSR count).